The van der Waals surface area contributed by atoms with E-state index in [9.17, 15) is 14.4 Å². The van der Waals surface area contributed by atoms with E-state index >= 15 is 0 Å². The average molecular weight is 349 g/mol. The minimum atomic E-state index is -1.13. The summed E-state index contributed by atoms with van der Waals surface area (Å²) in [4.78, 5) is 37.9. The van der Waals surface area contributed by atoms with Crippen molar-refractivity contribution in [3.05, 3.63) is 41.0 Å². The number of thioether (sulfide) groups is 1. The van der Waals surface area contributed by atoms with Crippen molar-refractivity contribution in [3.8, 4) is 5.75 Å². The third kappa shape index (κ3) is 3.46. The van der Waals surface area contributed by atoms with Crippen molar-refractivity contribution in [1.82, 2.24) is 4.90 Å². The molecule has 1 aliphatic heterocycles. The Hall–Kier alpha value is -2.28. The Morgan fingerprint density at radius 1 is 1.29 bits per heavy atom. The largest absolute Gasteiger partial charge is 0.497 e. The van der Waals surface area contributed by atoms with Crippen molar-refractivity contribution in [1.29, 1.82) is 0 Å². The van der Waals surface area contributed by atoms with Gasteiger partial charge in [-0.2, -0.15) is 0 Å². The number of nitrogens with zero attached hydrogens (tertiary/aromatic N) is 1. The molecule has 1 aromatic rings. The lowest BCUT2D eigenvalue weighted by molar-refractivity contribution is -0.137. The first-order chi connectivity index (χ1) is 11.4. The zero-order chi connectivity index (χ0) is 17.9. The SMILES string of the molecule is CCS[C@H]1C(C(=O)c2ccc(OC)cc2)=C(CC(=O)O)C(=O)N1C. The predicted molar refractivity (Wildman–Crippen MR) is 91.3 cm³/mol. The first-order valence-electron chi connectivity index (χ1n) is 7.43. The van der Waals surface area contributed by atoms with Crippen LogP contribution in [0.1, 0.15) is 23.7 Å². The van der Waals surface area contributed by atoms with Crippen LogP contribution in [0.4, 0.5) is 0 Å². The van der Waals surface area contributed by atoms with Crippen LogP contribution in [0.25, 0.3) is 0 Å². The molecule has 0 aromatic heterocycles. The standard InChI is InChI=1S/C17H19NO5S/c1-4-24-17-14(12(9-13(19)20)16(22)18(17)2)15(21)10-5-7-11(23-3)8-6-10/h5-8,17H,4,9H2,1-3H3,(H,19,20)/t17-/m0/s1. The van der Waals surface area contributed by atoms with Crippen LogP contribution in [0, 0.1) is 0 Å². The zero-order valence-corrected chi connectivity index (χ0v) is 14.6. The predicted octanol–water partition coefficient (Wildman–Crippen LogP) is 2.20. The summed E-state index contributed by atoms with van der Waals surface area (Å²) in [5.74, 6) is -0.542. The van der Waals surface area contributed by atoms with Crippen LogP contribution >= 0.6 is 11.8 Å². The summed E-state index contributed by atoms with van der Waals surface area (Å²) in [6.45, 7) is 1.92. The lowest BCUT2D eigenvalue weighted by Crippen LogP contribution is -2.31. The molecular weight excluding hydrogens is 330 g/mol. The first-order valence-corrected chi connectivity index (χ1v) is 8.47. The summed E-state index contributed by atoms with van der Waals surface area (Å²) in [7, 11) is 3.12. The van der Waals surface area contributed by atoms with Gasteiger partial charge in [-0.1, -0.05) is 6.92 Å². The molecule has 0 saturated heterocycles. The fourth-order valence-electron chi connectivity index (χ4n) is 2.60. The van der Waals surface area contributed by atoms with E-state index in [1.54, 1.807) is 31.3 Å². The number of carboxylic acids is 1. The van der Waals surface area contributed by atoms with Gasteiger partial charge in [0.2, 0.25) is 0 Å². The van der Waals surface area contributed by atoms with Crippen LogP contribution in [-0.4, -0.2) is 53.0 Å². The third-order valence-electron chi connectivity index (χ3n) is 3.75. The number of carboxylic acid groups (broad SMARTS) is 1. The number of Topliss-reactive ketones (excluding diaryl/α,β-unsaturated/α-hetero) is 1. The van der Waals surface area contributed by atoms with E-state index in [2.05, 4.69) is 0 Å². The van der Waals surface area contributed by atoms with E-state index in [-0.39, 0.29) is 16.9 Å². The van der Waals surface area contributed by atoms with Gasteiger partial charge in [0, 0.05) is 23.8 Å². The second-order valence-corrected chi connectivity index (χ2v) is 6.60. The second-order valence-electron chi connectivity index (χ2n) is 5.24. The molecule has 1 aliphatic rings. The molecule has 0 saturated carbocycles. The molecule has 1 heterocycles. The monoisotopic (exact) mass is 349 g/mol. The van der Waals surface area contributed by atoms with Crippen molar-refractivity contribution < 1.29 is 24.2 Å². The molecule has 24 heavy (non-hydrogen) atoms. The third-order valence-corrected chi connectivity index (χ3v) is 4.95. The molecular formula is C17H19NO5S. The number of hydrogen-bond acceptors (Lipinski definition) is 5. The quantitative estimate of drug-likeness (QED) is 0.760. The van der Waals surface area contributed by atoms with Gasteiger partial charge in [-0.05, 0) is 30.0 Å². The average Bonchev–Trinajstić information content (AvgIpc) is 2.79. The highest BCUT2D eigenvalue weighted by Gasteiger charge is 2.41. The normalized spacial score (nSPS) is 17.4. The van der Waals surface area contributed by atoms with Gasteiger partial charge in [0.05, 0.1) is 13.5 Å². The van der Waals surface area contributed by atoms with Gasteiger partial charge in [0.1, 0.15) is 11.1 Å². The van der Waals surface area contributed by atoms with Gasteiger partial charge in [0.25, 0.3) is 5.91 Å². The number of likely N-dealkylation sites (N-methyl/N-ethyl adjacent to an activating group) is 1. The molecule has 0 radical (unpaired) electrons. The molecule has 2 rings (SSSR count). The van der Waals surface area contributed by atoms with Crippen molar-refractivity contribution in [2.24, 2.45) is 0 Å². The Bertz CT molecular complexity index is 695. The van der Waals surface area contributed by atoms with Crippen LogP contribution in [0.5, 0.6) is 5.75 Å². The molecule has 0 aliphatic carbocycles. The van der Waals surface area contributed by atoms with Crippen LogP contribution in [0.3, 0.4) is 0 Å². The number of aliphatic carboxylic acids is 1. The summed E-state index contributed by atoms with van der Waals surface area (Å²) < 4.78 is 5.07. The number of ether oxygens (including phenoxy) is 1. The smallest absolute Gasteiger partial charge is 0.308 e. The van der Waals surface area contributed by atoms with E-state index in [1.807, 2.05) is 6.92 Å². The number of carbonyl (C=O) groups is 3. The van der Waals surface area contributed by atoms with Gasteiger partial charge in [0.15, 0.2) is 5.78 Å². The molecule has 0 unspecified atom stereocenters. The minimum absolute atomic E-state index is 0.0665. The Labute approximate surface area is 144 Å². The lowest BCUT2D eigenvalue weighted by atomic mass is 9.98. The van der Waals surface area contributed by atoms with E-state index in [4.69, 9.17) is 9.84 Å². The highest BCUT2D eigenvalue weighted by molar-refractivity contribution is 8.00. The van der Waals surface area contributed by atoms with Gasteiger partial charge in [-0.15, -0.1) is 11.8 Å². The first kappa shape index (κ1) is 18.1. The van der Waals surface area contributed by atoms with Crippen molar-refractivity contribution in [2.45, 2.75) is 18.7 Å². The molecule has 128 valence electrons. The van der Waals surface area contributed by atoms with Gasteiger partial charge in [-0.25, -0.2) is 0 Å². The number of hydrogen-bond donors (Lipinski definition) is 1. The number of methoxy groups -OCH3 is 1. The molecule has 0 spiro atoms. The van der Waals surface area contributed by atoms with E-state index < -0.39 is 23.7 Å². The molecule has 1 N–H and O–H groups in total. The Balaban J connectivity index is 2.48. The molecule has 0 fully saturated rings. The Morgan fingerprint density at radius 2 is 1.92 bits per heavy atom. The molecule has 6 nitrogen and oxygen atoms in total. The van der Waals surface area contributed by atoms with Gasteiger partial charge >= 0.3 is 5.97 Å². The molecule has 0 bridgehead atoms. The minimum Gasteiger partial charge on any atom is -0.497 e. The zero-order valence-electron chi connectivity index (χ0n) is 13.7. The number of ketones is 1. The van der Waals surface area contributed by atoms with E-state index in [0.29, 0.717) is 17.1 Å². The summed E-state index contributed by atoms with van der Waals surface area (Å²) in [5, 5.41) is 8.63. The molecule has 1 atom stereocenters. The Kier molecular flexibility index (Phi) is 5.66. The van der Waals surface area contributed by atoms with Crippen molar-refractivity contribution in [3.63, 3.8) is 0 Å². The van der Waals surface area contributed by atoms with Crippen LogP contribution in [0.15, 0.2) is 35.4 Å². The number of rotatable bonds is 7. The van der Waals surface area contributed by atoms with Crippen molar-refractivity contribution >= 4 is 29.4 Å². The Morgan fingerprint density at radius 3 is 2.42 bits per heavy atom. The van der Waals surface area contributed by atoms with E-state index in [1.165, 1.54) is 23.8 Å². The van der Waals surface area contributed by atoms with Crippen LogP contribution < -0.4 is 4.74 Å². The fourth-order valence-corrected chi connectivity index (χ4v) is 3.65. The maximum Gasteiger partial charge on any atom is 0.308 e. The number of amides is 1. The topological polar surface area (TPSA) is 83.9 Å². The molecule has 1 amide bonds. The number of benzene rings is 1. The summed E-state index contributed by atoms with van der Waals surface area (Å²) >= 11 is 1.43. The number of carbonyl (C=O) groups excluding carboxylic acids is 2. The van der Waals surface area contributed by atoms with Crippen LogP contribution in [-0.2, 0) is 9.59 Å². The summed E-state index contributed by atoms with van der Waals surface area (Å²) in [5.41, 5.74) is 0.733. The summed E-state index contributed by atoms with van der Waals surface area (Å²) in [6.07, 6.45) is -0.457. The fraction of sp³-hybridized carbons (Fsp3) is 0.353. The lowest BCUT2D eigenvalue weighted by Gasteiger charge is -2.21. The highest BCUT2D eigenvalue weighted by atomic mass is 32.2. The van der Waals surface area contributed by atoms with Gasteiger partial charge in [-0.3, -0.25) is 14.4 Å². The highest BCUT2D eigenvalue weighted by Crippen LogP contribution is 2.36. The van der Waals surface area contributed by atoms with E-state index in [0.717, 1.165) is 0 Å². The molecule has 7 heteroatoms. The second kappa shape index (κ2) is 7.53. The van der Waals surface area contributed by atoms with Crippen LogP contribution in [0.2, 0.25) is 0 Å². The molecule has 1 aromatic carbocycles. The summed E-state index contributed by atoms with van der Waals surface area (Å²) in [6, 6.07) is 6.55. The maximum atomic E-state index is 12.9. The maximum absolute atomic E-state index is 12.9. The van der Waals surface area contributed by atoms with Crippen molar-refractivity contribution in [2.75, 3.05) is 19.9 Å². The van der Waals surface area contributed by atoms with Gasteiger partial charge < -0.3 is 14.7 Å².